The predicted molar refractivity (Wildman–Crippen MR) is 172 cm³/mol. The van der Waals surface area contributed by atoms with Gasteiger partial charge in [0, 0.05) is 41.8 Å². The minimum absolute atomic E-state index is 0.232. The number of benzene rings is 2. The molecule has 2 heterocycles. The molecule has 240 valence electrons. The van der Waals surface area contributed by atoms with Gasteiger partial charge in [-0.05, 0) is 96.5 Å². The molecule has 0 fully saturated rings. The summed E-state index contributed by atoms with van der Waals surface area (Å²) in [6, 6.07) is 13.7. The van der Waals surface area contributed by atoms with E-state index in [0.717, 1.165) is 22.7 Å². The molecule has 0 aliphatic heterocycles. The van der Waals surface area contributed by atoms with Crippen LogP contribution in [-0.2, 0) is 0 Å². The highest BCUT2D eigenvalue weighted by atomic mass is 32.1. The van der Waals surface area contributed by atoms with E-state index in [-0.39, 0.29) is 22.3 Å². The van der Waals surface area contributed by atoms with Crippen molar-refractivity contribution in [3.8, 4) is 32.4 Å². The van der Waals surface area contributed by atoms with Crippen LogP contribution in [-0.4, -0.2) is 32.0 Å². The van der Waals surface area contributed by atoms with E-state index in [4.69, 9.17) is 9.47 Å². The van der Waals surface area contributed by atoms with E-state index in [9.17, 15) is 0 Å². The van der Waals surface area contributed by atoms with E-state index in [2.05, 4.69) is 0 Å². The van der Waals surface area contributed by atoms with Crippen molar-refractivity contribution in [1.29, 1.82) is 0 Å². The number of ether oxygens (including phenoxy) is 2. The Balaban J connectivity index is 1.89. The molecule has 45 heavy (non-hydrogen) atoms. The zero-order chi connectivity index (χ0) is 33.2. The van der Waals surface area contributed by atoms with Crippen molar-refractivity contribution in [3.05, 3.63) is 80.5 Å². The first kappa shape index (κ1) is 33.1. The maximum absolute atomic E-state index is 16.2. The summed E-state index contributed by atoms with van der Waals surface area (Å²) < 4.78 is 106. The molecule has 4 aromatic rings. The summed E-state index contributed by atoms with van der Waals surface area (Å²) in [5, 5.41) is 0. The standard InChI is InChI=1S/C35H34F6O2S2/c1-17(2)29-25(19(5)31(44-29)21-9-13-23(42-7)14-10-21)27-28(34(38,39)35(40,41)33(27,36)37)26-20(6)32(45-30(26)18(3)4)22-11-15-24(43-8)16-12-22/h9-18H,1-8H3. The monoisotopic (exact) mass is 664 g/mol. The van der Waals surface area contributed by atoms with E-state index in [1.54, 1.807) is 90.1 Å². The third-order valence-corrected chi connectivity index (χ3v) is 11.6. The van der Waals surface area contributed by atoms with Crippen molar-refractivity contribution in [2.24, 2.45) is 0 Å². The maximum atomic E-state index is 16.2. The van der Waals surface area contributed by atoms with Crippen LogP contribution in [0.5, 0.6) is 11.5 Å². The molecule has 0 N–H and O–H groups in total. The van der Waals surface area contributed by atoms with Crippen LogP contribution in [0.25, 0.3) is 32.0 Å². The Labute approximate surface area is 267 Å². The van der Waals surface area contributed by atoms with Crippen molar-refractivity contribution in [2.75, 3.05) is 14.2 Å². The molecule has 1 aliphatic rings. The van der Waals surface area contributed by atoms with Gasteiger partial charge in [0.2, 0.25) is 0 Å². The van der Waals surface area contributed by atoms with Gasteiger partial charge < -0.3 is 9.47 Å². The minimum Gasteiger partial charge on any atom is -0.497 e. The molecule has 2 nitrogen and oxygen atoms in total. The van der Waals surface area contributed by atoms with Crippen LogP contribution >= 0.6 is 22.7 Å². The first-order valence-corrected chi connectivity index (χ1v) is 16.1. The molecule has 10 heteroatoms. The average molecular weight is 665 g/mol. The molecule has 0 atom stereocenters. The lowest BCUT2D eigenvalue weighted by atomic mass is 9.87. The molecular formula is C35H34F6O2S2. The van der Waals surface area contributed by atoms with Crippen molar-refractivity contribution >= 4 is 33.8 Å². The number of allylic oxidation sites excluding steroid dienone is 2. The molecular weight excluding hydrogens is 631 g/mol. The second-order valence-corrected chi connectivity index (χ2v) is 13.9. The summed E-state index contributed by atoms with van der Waals surface area (Å²) in [4.78, 5) is 1.77. The van der Waals surface area contributed by atoms with Gasteiger partial charge in [-0.1, -0.05) is 27.7 Å². The Bertz CT molecular complexity index is 1630. The zero-order valence-electron chi connectivity index (χ0n) is 26.2. The fraction of sp³-hybridized carbons (Fsp3) is 0.371. The highest BCUT2D eigenvalue weighted by molar-refractivity contribution is 7.16. The molecule has 5 rings (SSSR count). The molecule has 0 amide bonds. The number of methoxy groups -OCH3 is 2. The molecule has 0 unspecified atom stereocenters. The average Bonchev–Trinajstić information content (AvgIpc) is 3.54. The SMILES string of the molecule is COc1ccc(-c2sc(C(C)C)c(C3=C(c4c(C(C)C)sc(-c5ccc(OC)cc5)c4C)C(F)(F)C(F)(F)C3(F)F)c2C)cc1. The van der Waals surface area contributed by atoms with Gasteiger partial charge in [-0.15, -0.1) is 22.7 Å². The summed E-state index contributed by atoms with van der Waals surface area (Å²) in [5.74, 6) is -15.6. The summed E-state index contributed by atoms with van der Waals surface area (Å²) in [5.41, 5.74) is -1.26. The summed E-state index contributed by atoms with van der Waals surface area (Å²) in [7, 11) is 3.02. The fourth-order valence-corrected chi connectivity index (χ4v) is 8.57. The first-order valence-electron chi connectivity index (χ1n) is 14.5. The molecule has 0 saturated heterocycles. The summed E-state index contributed by atoms with van der Waals surface area (Å²) in [6.07, 6.45) is 0. The van der Waals surface area contributed by atoms with Crippen LogP contribution in [0.1, 0.15) is 71.5 Å². The predicted octanol–water partition coefficient (Wildman–Crippen LogP) is 11.9. The lowest BCUT2D eigenvalue weighted by Gasteiger charge is -2.26. The number of rotatable bonds is 8. The van der Waals surface area contributed by atoms with Crippen LogP contribution in [0.2, 0.25) is 0 Å². The highest BCUT2D eigenvalue weighted by Crippen LogP contribution is 2.67. The summed E-state index contributed by atoms with van der Waals surface area (Å²) in [6.45, 7) is 10.1. The van der Waals surface area contributed by atoms with Gasteiger partial charge in [-0.2, -0.15) is 26.3 Å². The number of thiophene rings is 2. The zero-order valence-corrected chi connectivity index (χ0v) is 27.8. The smallest absolute Gasteiger partial charge is 0.380 e. The molecule has 0 spiro atoms. The molecule has 0 radical (unpaired) electrons. The fourth-order valence-electron chi connectivity index (χ4n) is 5.93. The number of hydrogen-bond acceptors (Lipinski definition) is 4. The number of alkyl halides is 6. The highest BCUT2D eigenvalue weighted by Gasteiger charge is 2.80. The lowest BCUT2D eigenvalue weighted by Crippen LogP contribution is -2.49. The van der Waals surface area contributed by atoms with Crippen LogP contribution in [0.4, 0.5) is 26.3 Å². The first-order chi connectivity index (χ1) is 21.0. The van der Waals surface area contributed by atoms with Gasteiger partial charge in [0.1, 0.15) is 11.5 Å². The number of hydrogen-bond donors (Lipinski definition) is 0. The molecule has 0 saturated carbocycles. The normalized spacial score (nSPS) is 17.1. The second-order valence-electron chi connectivity index (χ2n) is 11.8. The van der Waals surface area contributed by atoms with Gasteiger partial charge >= 0.3 is 17.8 Å². The van der Waals surface area contributed by atoms with E-state index >= 15 is 26.3 Å². The van der Waals surface area contributed by atoms with E-state index < -0.39 is 40.7 Å². The minimum atomic E-state index is -5.66. The topological polar surface area (TPSA) is 18.5 Å². The molecule has 1 aliphatic carbocycles. The Morgan fingerprint density at radius 3 is 1.13 bits per heavy atom. The summed E-state index contributed by atoms with van der Waals surface area (Å²) >= 11 is 2.32. The van der Waals surface area contributed by atoms with E-state index in [1.807, 2.05) is 0 Å². The lowest BCUT2D eigenvalue weighted by molar-refractivity contribution is -0.254. The Morgan fingerprint density at radius 1 is 0.556 bits per heavy atom. The van der Waals surface area contributed by atoms with Gasteiger partial charge in [0.15, 0.2) is 0 Å². The maximum Gasteiger partial charge on any atom is 0.380 e. The Hall–Kier alpha value is -3.24. The quantitative estimate of drug-likeness (QED) is 0.175. The third kappa shape index (κ3) is 4.99. The molecule has 2 aromatic carbocycles. The van der Waals surface area contributed by atoms with E-state index in [1.165, 1.54) is 14.2 Å². The number of halogens is 6. The van der Waals surface area contributed by atoms with Gasteiger partial charge in [0.25, 0.3) is 0 Å². The van der Waals surface area contributed by atoms with Crippen LogP contribution in [0.15, 0.2) is 48.5 Å². The Morgan fingerprint density at radius 2 is 0.867 bits per heavy atom. The van der Waals surface area contributed by atoms with Crippen molar-refractivity contribution in [2.45, 2.75) is 71.1 Å². The van der Waals surface area contributed by atoms with Crippen LogP contribution in [0, 0.1) is 13.8 Å². The van der Waals surface area contributed by atoms with Crippen molar-refractivity contribution in [1.82, 2.24) is 0 Å². The molecule has 2 aromatic heterocycles. The van der Waals surface area contributed by atoms with E-state index in [0.29, 0.717) is 42.1 Å². The van der Waals surface area contributed by atoms with Crippen LogP contribution in [0.3, 0.4) is 0 Å². The van der Waals surface area contributed by atoms with Crippen LogP contribution < -0.4 is 9.47 Å². The van der Waals surface area contributed by atoms with Crippen molar-refractivity contribution in [3.63, 3.8) is 0 Å². The van der Waals surface area contributed by atoms with Gasteiger partial charge in [-0.25, -0.2) is 0 Å². The Kier molecular flexibility index (Phi) is 8.49. The van der Waals surface area contributed by atoms with Gasteiger partial charge in [-0.3, -0.25) is 0 Å². The van der Waals surface area contributed by atoms with Gasteiger partial charge in [0.05, 0.1) is 14.2 Å². The molecule has 0 bridgehead atoms. The van der Waals surface area contributed by atoms with Crippen molar-refractivity contribution < 1.29 is 35.8 Å². The largest absolute Gasteiger partial charge is 0.497 e. The third-order valence-electron chi connectivity index (χ3n) is 8.27. The second kappa shape index (κ2) is 11.5.